The van der Waals surface area contributed by atoms with Gasteiger partial charge in [0.25, 0.3) is 0 Å². The summed E-state index contributed by atoms with van der Waals surface area (Å²) < 4.78 is 14.0. The van der Waals surface area contributed by atoms with Gasteiger partial charge in [-0.05, 0) is 38.6 Å². The first kappa shape index (κ1) is 13.0. The summed E-state index contributed by atoms with van der Waals surface area (Å²) in [6.07, 6.45) is 1.97. The van der Waals surface area contributed by atoms with Gasteiger partial charge in [-0.2, -0.15) is 8.75 Å². The fourth-order valence-corrected chi connectivity index (χ4v) is 2.27. The molecule has 0 bridgehead atoms. The van der Waals surface area contributed by atoms with Crippen LogP contribution in [0.5, 0.6) is 5.75 Å². The molecule has 0 saturated carbocycles. The van der Waals surface area contributed by atoms with Gasteiger partial charge in [0.15, 0.2) is 0 Å². The highest BCUT2D eigenvalue weighted by Crippen LogP contribution is 2.24. The fraction of sp³-hybridized carbons (Fsp3) is 0.385. The van der Waals surface area contributed by atoms with E-state index in [0.29, 0.717) is 0 Å². The smallest absolute Gasteiger partial charge is 0.120 e. The minimum Gasteiger partial charge on any atom is -0.491 e. The van der Waals surface area contributed by atoms with Crippen molar-refractivity contribution in [2.75, 3.05) is 7.05 Å². The first-order valence-electron chi connectivity index (χ1n) is 5.92. The van der Waals surface area contributed by atoms with E-state index in [2.05, 4.69) is 20.1 Å². The standard InChI is InChI=1S/C13H17N3OS/c1-9(2)17-11-6-4-5-10(7-11)13(14-3)12-8-15-18-16-12/h4-9,13-14H,1-3H3. The SMILES string of the molecule is CNC(c1cccc(OC(C)C)c1)c1cnsn1. The maximum absolute atomic E-state index is 5.71. The minimum atomic E-state index is 0.0551. The van der Waals surface area contributed by atoms with Crippen molar-refractivity contribution in [3.8, 4) is 5.75 Å². The Morgan fingerprint density at radius 2 is 2.17 bits per heavy atom. The molecule has 1 N–H and O–H groups in total. The van der Waals surface area contributed by atoms with Gasteiger partial charge >= 0.3 is 0 Å². The molecule has 0 saturated heterocycles. The van der Waals surface area contributed by atoms with Crippen molar-refractivity contribution >= 4 is 11.7 Å². The van der Waals surface area contributed by atoms with Crippen LogP contribution < -0.4 is 10.1 Å². The summed E-state index contributed by atoms with van der Waals surface area (Å²) in [7, 11) is 1.92. The van der Waals surface area contributed by atoms with Gasteiger partial charge in [0.2, 0.25) is 0 Å². The molecule has 4 nitrogen and oxygen atoms in total. The lowest BCUT2D eigenvalue weighted by Gasteiger charge is -2.16. The quantitative estimate of drug-likeness (QED) is 0.901. The average molecular weight is 263 g/mol. The van der Waals surface area contributed by atoms with Gasteiger partial charge in [-0.1, -0.05) is 12.1 Å². The molecule has 0 amide bonds. The molecule has 0 radical (unpaired) electrons. The molecule has 2 rings (SSSR count). The van der Waals surface area contributed by atoms with E-state index in [0.717, 1.165) is 17.0 Å². The van der Waals surface area contributed by atoms with Crippen LogP contribution in [0.4, 0.5) is 0 Å². The Balaban J connectivity index is 2.26. The lowest BCUT2D eigenvalue weighted by atomic mass is 10.0. The van der Waals surface area contributed by atoms with Gasteiger partial charge < -0.3 is 10.1 Å². The van der Waals surface area contributed by atoms with Crippen molar-refractivity contribution in [1.29, 1.82) is 0 Å². The van der Waals surface area contributed by atoms with E-state index in [-0.39, 0.29) is 12.1 Å². The van der Waals surface area contributed by atoms with Crippen molar-refractivity contribution in [2.24, 2.45) is 0 Å². The second-order valence-corrected chi connectivity index (χ2v) is 4.85. The van der Waals surface area contributed by atoms with Crippen LogP contribution in [0.2, 0.25) is 0 Å². The van der Waals surface area contributed by atoms with Gasteiger partial charge in [0, 0.05) is 0 Å². The zero-order chi connectivity index (χ0) is 13.0. The van der Waals surface area contributed by atoms with E-state index in [4.69, 9.17) is 4.74 Å². The van der Waals surface area contributed by atoms with Gasteiger partial charge in [0.05, 0.1) is 35.8 Å². The Kier molecular flexibility index (Phi) is 4.28. The maximum atomic E-state index is 5.71. The van der Waals surface area contributed by atoms with Gasteiger partial charge in [-0.3, -0.25) is 0 Å². The third-order valence-corrected chi connectivity index (χ3v) is 3.02. The molecular formula is C13H17N3OS. The van der Waals surface area contributed by atoms with Crippen LogP contribution in [0.25, 0.3) is 0 Å². The molecule has 18 heavy (non-hydrogen) atoms. The molecular weight excluding hydrogens is 246 g/mol. The summed E-state index contributed by atoms with van der Waals surface area (Å²) >= 11 is 1.22. The molecule has 5 heteroatoms. The van der Waals surface area contributed by atoms with Crippen LogP contribution >= 0.6 is 11.7 Å². The van der Waals surface area contributed by atoms with Crippen LogP contribution in [0.3, 0.4) is 0 Å². The molecule has 0 aliphatic rings. The zero-order valence-corrected chi connectivity index (χ0v) is 11.6. The molecule has 2 aromatic rings. The highest BCUT2D eigenvalue weighted by Gasteiger charge is 2.15. The summed E-state index contributed by atoms with van der Waals surface area (Å²) in [6.45, 7) is 4.04. The predicted octanol–water partition coefficient (Wildman–Crippen LogP) is 2.63. The van der Waals surface area contributed by atoms with Crippen LogP contribution in [0.1, 0.15) is 31.1 Å². The number of benzene rings is 1. The Morgan fingerprint density at radius 3 is 2.78 bits per heavy atom. The molecule has 96 valence electrons. The highest BCUT2D eigenvalue weighted by molar-refractivity contribution is 6.99. The third-order valence-electron chi connectivity index (χ3n) is 2.53. The van der Waals surface area contributed by atoms with E-state index >= 15 is 0 Å². The largest absolute Gasteiger partial charge is 0.491 e. The first-order chi connectivity index (χ1) is 8.70. The van der Waals surface area contributed by atoms with Crippen molar-refractivity contribution in [1.82, 2.24) is 14.1 Å². The number of aromatic nitrogens is 2. The topological polar surface area (TPSA) is 47.0 Å². The molecule has 1 aromatic heterocycles. The number of hydrogen-bond acceptors (Lipinski definition) is 5. The van der Waals surface area contributed by atoms with Crippen LogP contribution in [-0.4, -0.2) is 21.9 Å². The van der Waals surface area contributed by atoms with Crippen molar-refractivity contribution < 1.29 is 4.74 Å². The van der Waals surface area contributed by atoms with Crippen LogP contribution in [-0.2, 0) is 0 Å². The van der Waals surface area contributed by atoms with Crippen LogP contribution in [0.15, 0.2) is 30.5 Å². The maximum Gasteiger partial charge on any atom is 0.120 e. The number of nitrogens with one attached hydrogen (secondary N) is 1. The number of rotatable bonds is 5. The Labute approximate surface area is 111 Å². The number of hydrogen-bond donors (Lipinski definition) is 1. The zero-order valence-electron chi connectivity index (χ0n) is 10.8. The van der Waals surface area contributed by atoms with Gasteiger partial charge in [-0.25, -0.2) is 0 Å². The Morgan fingerprint density at radius 1 is 1.33 bits per heavy atom. The second kappa shape index (κ2) is 5.93. The fourth-order valence-electron chi connectivity index (χ4n) is 1.82. The van der Waals surface area contributed by atoms with E-state index in [1.54, 1.807) is 6.20 Å². The number of ether oxygens (including phenoxy) is 1. The van der Waals surface area contributed by atoms with Gasteiger partial charge in [0.1, 0.15) is 5.75 Å². The van der Waals surface area contributed by atoms with Crippen molar-refractivity contribution in [2.45, 2.75) is 26.0 Å². The molecule has 1 heterocycles. The van der Waals surface area contributed by atoms with Crippen molar-refractivity contribution in [3.63, 3.8) is 0 Å². The summed E-state index contributed by atoms with van der Waals surface area (Å²) in [6, 6.07) is 8.13. The normalized spacial score (nSPS) is 12.7. The average Bonchev–Trinajstić information content (AvgIpc) is 2.83. The Hall–Kier alpha value is -1.46. The second-order valence-electron chi connectivity index (χ2n) is 4.29. The van der Waals surface area contributed by atoms with E-state index in [9.17, 15) is 0 Å². The lowest BCUT2D eigenvalue weighted by Crippen LogP contribution is -2.18. The third kappa shape index (κ3) is 3.05. The summed E-state index contributed by atoms with van der Waals surface area (Å²) in [5.41, 5.74) is 2.06. The van der Waals surface area contributed by atoms with E-state index < -0.39 is 0 Å². The molecule has 1 unspecified atom stereocenters. The lowest BCUT2D eigenvalue weighted by molar-refractivity contribution is 0.242. The van der Waals surface area contributed by atoms with E-state index in [1.165, 1.54) is 11.7 Å². The first-order valence-corrected chi connectivity index (χ1v) is 6.65. The van der Waals surface area contributed by atoms with E-state index in [1.807, 2.05) is 39.1 Å². The minimum absolute atomic E-state index is 0.0551. The molecule has 1 aromatic carbocycles. The molecule has 0 spiro atoms. The number of nitrogens with zero attached hydrogens (tertiary/aromatic N) is 2. The summed E-state index contributed by atoms with van der Waals surface area (Å²) in [5.74, 6) is 0.880. The van der Waals surface area contributed by atoms with Gasteiger partial charge in [-0.15, -0.1) is 0 Å². The monoisotopic (exact) mass is 263 g/mol. The summed E-state index contributed by atoms with van der Waals surface area (Å²) in [5, 5.41) is 3.25. The predicted molar refractivity (Wildman–Crippen MR) is 73.0 cm³/mol. The van der Waals surface area contributed by atoms with Crippen molar-refractivity contribution in [3.05, 3.63) is 41.7 Å². The molecule has 0 aliphatic heterocycles. The highest BCUT2D eigenvalue weighted by atomic mass is 32.1. The molecule has 0 aliphatic carbocycles. The summed E-state index contributed by atoms with van der Waals surface area (Å²) in [4.78, 5) is 0. The Bertz CT molecular complexity index is 485. The van der Waals surface area contributed by atoms with Crippen LogP contribution in [0, 0.1) is 0 Å². The molecule has 1 atom stereocenters. The molecule has 0 fully saturated rings.